The molecule has 1 amide bonds. The van der Waals surface area contributed by atoms with Gasteiger partial charge in [0.05, 0.1) is 19.1 Å². The number of aryl methyl sites for hydroxylation is 1. The normalized spacial score (nSPS) is 10.5. The smallest absolute Gasteiger partial charge is 0.261 e. The fourth-order valence-corrected chi connectivity index (χ4v) is 2.50. The minimum atomic E-state index is -0.252. The second kappa shape index (κ2) is 7.36. The van der Waals surface area contributed by atoms with E-state index in [1.807, 2.05) is 31.2 Å². The van der Waals surface area contributed by atoms with E-state index in [1.165, 1.54) is 0 Å². The van der Waals surface area contributed by atoms with Gasteiger partial charge in [0.25, 0.3) is 5.89 Å². The number of anilines is 1. The minimum absolute atomic E-state index is 0.00932. The van der Waals surface area contributed by atoms with Crippen LogP contribution in [0.15, 0.2) is 47.0 Å². The van der Waals surface area contributed by atoms with Crippen LogP contribution in [0, 0.1) is 6.92 Å². The Morgan fingerprint density at radius 1 is 1.28 bits per heavy atom. The highest BCUT2D eigenvalue weighted by Crippen LogP contribution is 2.28. The number of para-hydroxylation sites is 1. The Hall–Kier alpha value is -2.86. The first kappa shape index (κ1) is 17.0. The van der Waals surface area contributed by atoms with Crippen LogP contribution >= 0.6 is 11.6 Å². The molecule has 0 atom stereocenters. The van der Waals surface area contributed by atoms with E-state index in [1.54, 1.807) is 25.3 Å². The van der Waals surface area contributed by atoms with Crippen LogP contribution in [-0.2, 0) is 11.2 Å². The number of nitrogens with zero attached hydrogens (tertiary/aromatic N) is 2. The van der Waals surface area contributed by atoms with Crippen molar-refractivity contribution in [2.24, 2.45) is 0 Å². The van der Waals surface area contributed by atoms with Crippen LogP contribution in [0.25, 0.3) is 11.5 Å². The van der Waals surface area contributed by atoms with Crippen molar-refractivity contribution >= 4 is 23.2 Å². The molecule has 6 nitrogen and oxygen atoms in total. The van der Waals surface area contributed by atoms with Crippen molar-refractivity contribution in [1.29, 1.82) is 0 Å². The summed E-state index contributed by atoms with van der Waals surface area (Å²) in [4.78, 5) is 16.5. The standard InChI is InChI=1S/C18H16ClN3O3/c1-11-7-8-12(19)9-14(11)20-17(23)10-16-21-18(25-22-16)13-5-3-4-6-15(13)24-2/h3-9H,10H2,1-2H3,(H,20,23). The van der Waals surface area contributed by atoms with Crippen molar-refractivity contribution in [1.82, 2.24) is 10.1 Å². The quantitative estimate of drug-likeness (QED) is 0.749. The van der Waals surface area contributed by atoms with E-state index in [-0.39, 0.29) is 18.2 Å². The van der Waals surface area contributed by atoms with Gasteiger partial charge in [-0.15, -0.1) is 0 Å². The number of carbonyl (C=O) groups excluding carboxylic acids is 1. The average Bonchev–Trinajstić information content (AvgIpc) is 3.06. The van der Waals surface area contributed by atoms with Crippen LogP contribution in [0.5, 0.6) is 5.75 Å². The van der Waals surface area contributed by atoms with Gasteiger partial charge in [0.2, 0.25) is 5.91 Å². The van der Waals surface area contributed by atoms with Crippen molar-refractivity contribution in [3.63, 3.8) is 0 Å². The molecule has 1 N–H and O–H groups in total. The van der Waals surface area contributed by atoms with Gasteiger partial charge in [-0.05, 0) is 36.8 Å². The fourth-order valence-electron chi connectivity index (χ4n) is 2.32. The Morgan fingerprint density at radius 2 is 2.08 bits per heavy atom. The number of hydrogen-bond donors (Lipinski definition) is 1. The molecule has 1 heterocycles. The molecule has 0 radical (unpaired) electrons. The predicted octanol–water partition coefficient (Wildman–Crippen LogP) is 3.89. The molecule has 3 rings (SSSR count). The van der Waals surface area contributed by atoms with Crippen LogP contribution in [0.1, 0.15) is 11.4 Å². The molecule has 1 aromatic heterocycles. The Labute approximate surface area is 149 Å². The van der Waals surface area contributed by atoms with Crippen LogP contribution in [0.2, 0.25) is 5.02 Å². The van der Waals surface area contributed by atoms with E-state index in [9.17, 15) is 4.79 Å². The minimum Gasteiger partial charge on any atom is -0.496 e. The number of aromatic nitrogens is 2. The first-order chi connectivity index (χ1) is 12.1. The number of carbonyl (C=O) groups is 1. The molecule has 0 saturated carbocycles. The summed E-state index contributed by atoms with van der Waals surface area (Å²) in [6.07, 6.45) is -0.00932. The Balaban J connectivity index is 1.73. The lowest BCUT2D eigenvalue weighted by atomic mass is 10.2. The summed E-state index contributed by atoms with van der Waals surface area (Å²) >= 11 is 5.96. The lowest BCUT2D eigenvalue weighted by Gasteiger charge is -2.07. The third kappa shape index (κ3) is 3.97. The third-order valence-electron chi connectivity index (χ3n) is 3.60. The van der Waals surface area contributed by atoms with Crippen LogP contribution in [0.3, 0.4) is 0 Å². The van der Waals surface area contributed by atoms with Gasteiger partial charge in [0.15, 0.2) is 5.82 Å². The summed E-state index contributed by atoms with van der Waals surface area (Å²) in [6.45, 7) is 1.89. The first-order valence-electron chi connectivity index (χ1n) is 7.59. The van der Waals surface area contributed by atoms with Gasteiger partial charge < -0.3 is 14.6 Å². The van der Waals surface area contributed by atoms with E-state index in [0.717, 1.165) is 5.56 Å². The van der Waals surface area contributed by atoms with Gasteiger partial charge in [-0.25, -0.2) is 0 Å². The van der Waals surface area contributed by atoms with Crippen molar-refractivity contribution < 1.29 is 14.1 Å². The molecule has 3 aromatic rings. The maximum atomic E-state index is 12.2. The number of rotatable bonds is 5. The number of amides is 1. The molecule has 2 aromatic carbocycles. The van der Waals surface area contributed by atoms with Gasteiger partial charge in [-0.2, -0.15) is 4.98 Å². The second-order valence-electron chi connectivity index (χ2n) is 5.40. The number of nitrogens with one attached hydrogen (secondary N) is 1. The Kier molecular flexibility index (Phi) is 5.00. The monoisotopic (exact) mass is 357 g/mol. The highest BCUT2D eigenvalue weighted by Gasteiger charge is 2.16. The maximum Gasteiger partial charge on any atom is 0.261 e. The van der Waals surface area contributed by atoms with Gasteiger partial charge in [-0.3, -0.25) is 4.79 Å². The fraction of sp³-hybridized carbons (Fsp3) is 0.167. The summed E-state index contributed by atoms with van der Waals surface area (Å²) < 4.78 is 10.5. The van der Waals surface area contributed by atoms with Gasteiger partial charge in [0, 0.05) is 10.7 Å². The van der Waals surface area contributed by atoms with E-state index in [0.29, 0.717) is 27.9 Å². The van der Waals surface area contributed by atoms with Crippen LogP contribution in [-0.4, -0.2) is 23.2 Å². The number of halogens is 1. The molecule has 25 heavy (non-hydrogen) atoms. The Bertz CT molecular complexity index is 908. The Morgan fingerprint density at radius 3 is 2.88 bits per heavy atom. The molecule has 0 fully saturated rings. The third-order valence-corrected chi connectivity index (χ3v) is 3.83. The molecule has 0 aliphatic carbocycles. The molecule has 0 spiro atoms. The van der Waals surface area contributed by atoms with Gasteiger partial charge in [0.1, 0.15) is 5.75 Å². The zero-order valence-electron chi connectivity index (χ0n) is 13.7. The molecule has 0 saturated heterocycles. The lowest BCUT2D eigenvalue weighted by molar-refractivity contribution is -0.115. The molecular weight excluding hydrogens is 342 g/mol. The SMILES string of the molecule is COc1ccccc1-c1nc(CC(=O)Nc2cc(Cl)ccc2C)no1. The first-order valence-corrected chi connectivity index (χ1v) is 7.96. The highest BCUT2D eigenvalue weighted by atomic mass is 35.5. The maximum absolute atomic E-state index is 12.2. The molecular formula is C18H16ClN3O3. The highest BCUT2D eigenvalue weighted by molar-refractivity contribution is 6.31. The van der Waals surface area contributed by atoms with Crippen molar-refractivity contribution in [2.45, 2.75) is 13.3 Å². The molecule has 0 unspecified atom stereocenters. The number of methoxy groups -OCH3 is 1. The summed E-state index contributed by atoms with van der Waals surface area (Å²) in [5.74, 6) is 0.965. The van der Waals surface area contributed by atoms with E-state index >= 15 is 0 Å². The topological polar surface area (TPSA) is 77.2 Å². The lowest BCUT2D eigenvalue weighted by Crippen LogP contribution is -2.16. The van der Waals surface area contributed by atoms with Crippen molar-refractivity contribution in [3.05, 3.63) is 58.9 Å². The summed E-state index contributed by atoms with van der Waals surface area (Å²) in [6, 6.07) is 12.6. The molecule has 0 bridgehead atoms. The van der Waals surface area contributed by atoms with Gasteiger partial charge >= 0.3 is 0 Å². The predicted molar refractivity (Wildman–Crippen MR) is 94.8 cm³/mol. The molecule has 7 heteroatoms. The summed E-state index contributed by atoms with van der Waals surface area (Å²) in [5.41, 5.74) is 2.25. The molecule has 128 valence electrons. The van der Waals surface area contributed by atoms with Crippen molar-refractivity contribution in [3.8, 4) is 17.2 Å². The number of benzene rings is 2. The van der Waals surface area contributed by atoms with E-state index in [4.69, 9.17) is 20.9 Å². The average molecular weight is 358 g/mol. The molecule has 0 aliphatic rings. The van der Waals surface area contributed by atoms with Gasteiger partial charge in [-0.1, -0.05) is 35.0 Å². The summed E-state index contributed by atoms with van der Waals surface area (Å²) in [5, 5.41) is 7.22. The molecule has 0 aliphatic heterocycles. The van der Waals surface area contributed by atoms with Crippen molar-refractivity contribution in [2.75, 3.05) is 12.4 Å². The zero-order valence-corrected chi connectivity index (χ0v) is 14.5. The number of hydrogen-bond acceptors (Lipinski definition) is 5. The van der Waals surface area contributed by atoms with E-state index < -0.39 is 0 Å². The van der Waals surface area contributed by atoms with Crippen LogP contribution < -0.4 is 10.1 Å². The van der Waals surface area contributed by atoms with E-state index in [2.05, 4.69) is 15.5 Å². The number of ether oxygens (including phenoxy) is 1. The summed E-state index contributed by atoms with van der Waals surface area (Å²) in [7, 11) is 1.57. The zero-order chi connectivity index (χ0) is 17.8. The second-order valence-corrected chi connectivity index (χ2v) is 5.84. The van der Waals surface area contributed by atoms with Crippen LogP contribution in [0.4, 0.5) is 5.69 Å². The largest absolute Gasteiger partial charge is 0.496 e.